The molecule has 0 radical (unpaired) electrons. The van der Waals surface area contributed by atoms with Gasteiger partial charge in [0, 0.05) is 18.8 Å². The summed E-state index contributed by atoms with van der Waals surface area (Å²) in [5.41, 5.74) is 0.0366. The summed E-state index contributed by atoms with van der Waals surface area (Å²) in [6, 6.07) is 8.91. The van der Waals surface area contributed by atoms with Crippen LogP contribution in [0.2, 0.25) is 0 Å². The van der Waals surface area contributed by atoms with E-state index < -0.39 is 17.8 Å². The molecule has 0 bridgehead atoms. The Hall–Kier alpha value is -3.69. The number of pyridine rings is 1. The van der Waals surface area contributed by atoms with Crippen LogP contribution in [0.4, 0.5) is 18.9 Å². The molecule has 33 heavy (non-hydrogen) atoms. The third-order valence-corrected chi connectivity index (χ3v) is 5.42. The lowest BCUT2D eigenvalue weighted by atomic mass is 10.1. The Morgan fingerprint density at radius 3 is 2.48 bits per heavy atom. The standard InChI is InChI=1S/C23H22F3N5O2/c1-13-5-3-7-16(21(32)28-12-15-8-9-15)19(13)29-22(33)17-11-18(23(24,25)26)30-31(17)20-14(2)6-4-10-27-20/h3-7,10-11,15H,8-9,12H2,1-2H3,(H,28,32)(H,29,33). The highest BCUT2D eigenvalue weighted by Gasteiger charge is 2.36. The van der Waals surface area contributed by atoms with Gasteiger partial charge < -0.3 is 10.6 Å². The molecule has 1 aliphatic carbocycles. The Kier molecular flexibility index (Phi) is 5.92. The van der Waals surface area contributed by atoms with E-state index in [-0.39, 0.29) is 28.7 Å². The molecular weight excluding hydrogens is 435 g/mol. The fraction of sp³-hybridized carbons (Fsp3) is 0.304. The zero-order chi connectivity index (χ0) is 23.8. The molecule has 0 spiro atoms. The molecule has 2 aromatic heterocycles. The van der Waals surface area contributed by atoms with Gasteiger partial charge in [0.05, 0.1) is 11.3 Å². The van der Waals surface area contributed by atoms with Crippen molar-refractivity contribution < 1.29 is 22.8 Å². The Morgan fingerprint density at radius 2 is 1.82 bits per heavy atom. The molecule has 0 aliphatic heterocycles. The van der Waals surface area contributed by atoms with E-state index in [4.69, 9.17) is 0 Å². The van der Waals surface area contributed by atoms with Crippen molar-refractivity contribution in [3.05, 3.63) is 70.7 Å². The first-order chi connectivity index (χ1) is 15.6. The average molecular weight is 457 g/mol. The van der Waals surface area contributed by atoms with Crippen LogP contribution in [0.1, 0.15) is 50.5 Å². The summed E-state index contributed by atoms with van der Waals surface area (Å²) in [5.74, 6) is -0.626. The van der Waals surface area contributed by atoms with Gasteiger partial charge in [0.2, 0.25) is 0 Å². The normalized spacial score (nSPS) is 13.6. The number of carbonyl (C=O) groups is 2. The van der Waals surface area contributed by atoms with Gasteiger partial charge in [0.1, 0.15) is 5.69 Å². The molecule has 1 aliphatic rings. The van der Waals surface area contributed by atoms with Gasteiger partial charge in [-0.2, -0.15) is 18.3 Å². The largest absolute Gasteiger partial charge is 0.435 e. The van der Waals surface area contributed by atoms with E-state index in [1.165, 1.54) is 6.20 Å². The number of aryl methyl sites for hydroxylation is 2. The number of anilines is 1. The third-order valence-electron chi connectivity index (χ3n) is 5.42. The molecular formula is C23H22F3N5O2. The maximum Gasteiger partial charge on any atom is 0.435 e. The second-order valence-corrected chi connectivity index (χ2v) is 8.07. The molecule has 10 heteroatoms. The molecule has 4 rings (SSSR count). The van der Waals surface area contributed by atoms with Crippen LogP contribution in [0.5, 0.6) is 0 Å². The smallest absolute Gasteiger partial charge is 0.352 e. The quantitative estimate of drug-likeness (QED) is 0.578. The van der Waals surface area contributed by atoms with Gasteiger partial charge in [0.15, 0.2) is 11.5 Å². The molecule has 0 atom stereocenters. The zero-order valence-electron chi connectivity index (χ0n) is 18.0. The lowest BCUT2D eigenvalue weighted by Gasteiger charge is -2.15. The second kappa shape index (κ2) is 8.68. The number of amides is 2. The molecule has 2 heterocycles. The van der Waals surface area contributed by atoms with Crippen LogP contribution in [0.15, 0.2) is 42.6 Å². The summed E-state index contributed by atoms with van der Waals surface area (Å²) in [6.07, 6.45) is -1.21. The number of benzene rings is 1. The van der Waals surface area contributed by atoms with E-state index in [1.807, 2.05) is 0 Å². The summed E-state index contributed by atoms with van der Waals surface area (Å²) in [7, 11) is 0. The number of aromatic nitrogens is 3. The van der Waals surface area contributed by atoms with Gasteiger partial charge in [-0.3, -0.25) is 9.59 Å². The highest BCUT2D eigenvalue weighted by atomic mass is 19.4. The number of hydrogen-bond donors (Lipinski definition) is 2. The number of nitrogens with zero attached hydrogens (tertiary/aromatic N) is 3. The molecule has 1 aromatic carbocycles. The fourth-order valence-corrected chi connectivity index (χ4v) is 3.40. The summed E-state index contributed by atoms with van der Waals surface area (Å²) in [5, 5.41) is 9.06. The summed E-state index contributed by atoms with van der Waals surface area (Å²) < 4.78 is 41.1. The minimum atomic E-state index is -4.75. The molecule has 0 unspecified atom stereocenters. The molecule has 1 saturated carbocycles. The van der Waals surface area contributed by atoms with E-state index >= 15 is 0 Å². The Bertz CT molecular complexity index is 1220. The highest BCUT2D eigenvalue weighted by molar-refractivity contribution is 6.09. The highest BCUT2D eigenvalue weighted by Crippen LogP contribution is 2.31. The molecule has 0 saturated heterocycles. The van der Waals surface area contributed by atoms with E-state index in [0.717, 1.165) is 17.5 Å². The van der Waals surface area contributed by atoms with Gasteiger partial charge in [-0.1, -0.05) is 18.2 Å². The van der Waals surface area contributed by atoms with Crippen molar-refractivity contribution in [1.82, 2.24) is 20.1 Å². The van der Waals surface area contributed by atoms with Crippen LogP contribution < -0.4 is 10.6 Å². The van der Waals surface area contributed by atoms with E-state index in [9.17, 15) is 22.8 Å². The molecule has 3 aromatic rings. The van der Waals surface area contributed by atoms with Crippen LogP contribution in [0, 0.1) is 19.8 Å². The van der Waals surface area contributed by atoms with Gasteiger partial charge in [-0.15, -0.1) is 0 Å². The maximum absolute atomic E-state index is 13.4. The van der Waals surface area contributed by atoms with Crippen molar-refractivity contribution in [3.8, 4) is 5.82 Å². The molecule has 1 fully saturated rings. The number of carbonyl (C=O) groups excluding carboxylic acids is 2. The summed E-state index contributed by atoms with van der Waals surface area (Å²) >= 11 is 0. The number of nitrogens with one attached hydrogen (secondary N) is 2. The van der Waals surface area contributed by atoms with Crippen molar-refractivity contribution in [2.45, 2.75) is 32.9 Å². The number of hydrogen-bond acceptors (Lipinski definition) is 4. The molecule has 2 N–H and O–H groups in total. The lowest BCUT2D eigenvalue weighted by Crippen LogP contribution is -2.27. The summed E-state index contributed by atoms with van der Waals surface area (Å²) in [4.78, 5) is 30.0. The average Bonchev–Trinajstić information content (AvgIpc) is 3.48. The zero-order valence-corrected chi connectivity index (χ0v) is 18.0. The first kappa shape index (κ1) is 22.5. The summed E-state index contributed by atoms with van der Waals surface area (Å²) in [6.45, 7) is 3.90. The Labute approximate surface area is 188 Å². The number of para-hydroxylation sites is 1. The van der Waals surface area contributed by atoms with Crippen molar-refractivity contribution in [1.29, 1.82) is 0 Å². The van der Waals surface area contributed by atoms with Gasteiger partial charge in [-0.25, -0.2) is 9.67 Å². The van der Waals surface area contributed by atoms with Gasteiger partial charge >= 0.3 is 6.18 Å². The molecule has 172 valence electrons. The fourth-order valence-electron chi connectivity index (χ4n) is 3.40. The van der Waals surface area contributed by atoms with Crippen molar-refractivity contribution in [3.63, 3.8) is 0 Å². The first-order valence-corrected chi connectivity index (χ1v) is 10.4. The first-order valence-electron chi connectivity index (χ1n) is 10.4. The predicted molar refractivity (Wildman–Crippen MR) is 115 cm³/mol. The van der Waals surface area contributed by atoms with Crippen LogP contribution in [-0.4, -0.2) is 33.1 Å². The van der Waals surface area contributed by atoms with Crippen LogP contribution in [0.3, 0.4) is 0 Å². The second-order valence-electron chi connectivity index (χ2n) is 8.07. The Balaban J connectivity index is 1.70. The topological polar surface area (TPSA) is 88.9 Å². The Morgan fingerprint density at radius 1 is 1.09 bits per heavy atom. The SMILES string of the molecule is Cc1cccnc1-n1nc(C(F)(F)F)cc1C(=O)Nc1c(C)cccc1C(=O)NCC1CC1. The number of rotatable bonds is 6. The van der Waals surface area contributed by atoms with E-state index in [1.54, 1.807) is 44.2 Å². The van der Waals surface area contributed by atoms with E-state index in [0.29, 0.717) is 29.7 Å². The third kappa shape index (κ3) is 4.89. The maximum atomic E-state index is 13.4. The monoisotopic (exact) mass is 457 g/mol. The van der Waals surface area contributed by atoms with Crippen LogP contribution in [0.25, 0.3) is 5.82 Å². The number of alkyl halides is 3. The van der Waals surface area contributed by atoms with Crippen LogP contribution >= 0.6 is 0 Å². The number of halogens is 3. The predicted octanol–water partition coefficient (Wildman–Crippen LogP) is 4.30. The van der Waals surface area contributed by atoms with Crippen molar-refractivity contribution in [2.75, 3.05) is 11.9 Å². The lowest BCUT2D eigenvalue weighted by molar-refractivity contribution is -0.141. The van der Waals surface area contributed by atoms with Gasteiger partial charge in [0.25, 0.3) is 11.8 Å². The van der Waals surface area contributed by atoms with Gasteiger partial charge in [-0.05, 0) is 55.9 Å². The van der Waals surface area contributed by atoms with Crippen molar-refractivity contribution in [2.24, 2.45) is 5.92 Å². The molecule has 7 nitrogen and oxygen atoms in total. The molecule has 2 amide bonds. The van der Waals surface area contributed by atoms with Crippen LogP contribution in [-0.2, 0) is 6.18 Å². The minimum absolute atomic E-state index is 0.102. The van der Waals surface area contributed by atoms with E-state index in [2.05, 4.69) is 20.7 Å². The van der Waals surface area contributed by atoms with Crippen molar-refractivity contribution >= 4 is 17.5 Å². The minimum Gasteiger partial charge on any atom is -0.352 e.